The highest BCUT2D eigenvalue weighted by Gasteiger charge is 2.10. The summed E-state index contributed by atoms with van der Waals surface area (Å²) in [4.78, 5) is 23.9. The van der Waals surface area contributed by atoms with E-state index in [9.17, 15) is 4.79 Å². The molecule has 0 saturated heterocycles. The summed E-state index contributed by atoms with van der Waals surface area (Å²) >= 11 is 1.33. The zero-order valence-corrected chi connectivity index (χ0v) is 10.3. The second-order valence-corrected chi connectivity index (χ2v) is 4.29. The molecule has 0 bridgehead atoms. The third kappa shape index (κ3) is 2.75. The van der Waals surface area contributed by atoms with Gasteiger partial charge < -0.3 is 10.5 Å². The number of esters is 1. The molecular formula is C11H10N4O2S. The molecule has 0 amide bonds. The maximum absolute atomic E-state index is 11.3. The van der Waals surface area contributed by atoms with Gasteiger partial charge in [-0.15, -0.1) is 0 Å². The summed E-state index contributed by atoms with van der Waals surface area (Å²) in [5.74, 6) is -0.546. The molecule has 92 valence electrons. The van der Waals surface area contributed by atoms with Crippen LogP contribution in [0.25, 0.3) is 0 Å². The summed E-state index contributed by atoms with van der Waals surface area (Å²) in [6.45, 7) is 0. The Morgan fingerprint density at radius 2 is 2.22 bits per heavy atom. The number of hydrogen-bond donors (Lipinski definition) is 1. The molecule has 0 fully saturated rings. The average Bonchev–Trinajstić information content (AvgIpc) is 2.41. The fourth-order valence-electron chi connectivity index (χ4n) is 1.19. The minimum absolute atomic E-state index is 0.0233. The number of rotatable bonds is 3. The van der Waals surface area contributed by atoms with Gasteiger partial charge in [-0.3, -0.25) is 4.98 Å². The normalized spacial score (nSPS) is 10.1. The number of ether oxygens (including phenoxy) is 1. The van der Waals surface area contributed by atoms with Crippen LogP contribution in [-0.2, 0) is 4.74 Å². The topological polar surface area (TPSA) is 91.0 Å². The number of nitrogens with zero attached hydrogens (tertiary/aromatic N) is 3. The summed E-state index contributed by atoms with van der Waals surface area (Å²) in [5, 5.41) is 0.614. The minimum Gasteiger partial charge on any atom is -0.463 e. The molecule has 2 aromatic heterocycles. The van der Waals surface area contributed by atoms with Gasteiger partial charge in [-0.25, -0.2) is 14.8 Å². The van der Waals surface area contributed by atoms with Crippen LogP contribution < -0.4 is 5.73 Å². The molecule has 7 heteroatoms. The van der Waals surface area contributed by atoms with Crippen LogP contribution in [0.15, 0.2) is 40.6 Å². The van der Waals surface area contributed by atoms with Gasteiger partial charge in [0.05, 0.1) is 19.0 Å². The van der Waals surface area contributed by atoms with Gasteiger partial charge in [0.15, 0.2) is 0 Å². The lowest BCUT2D eigenvalue weighted by molar-refractivity contribution is 0.0585. The van der Waals surface area contributed by atoms with E-state index in [-0.39, 0.29) is 5.82 Å². The van der Waals surface area contributed by atoms with Gasteiger partial charge in [-0.1, -0.05) is 11.8 Å². The number of pyridine rings is 1. The number of aromatic nitrogens is 3. The van der Waals surface area contributed by atoms with E-state index in [0.29, 0.717) is 10.7 Å². The van der Waals surface area contributed by atoms with Crippen molar-refractivity contribution in [3.8, 4) is 0 Å². The van der Waals surface area contributed by atoms with Gasteiger partial charge in [-0.05, 0) is 12.1 Å². The Morgan fingerprint density at radius 1 is 1.39 bits per heavy atom. The highest BCUT2D eigenvalue weighted by Crippen LogP contribution is 2.29. The van der Waals surface area contributed by atoms with Crippen molar-refractivity contribution >= 4 is 23.4 Å². The van der Waals surface area contributed by atoms with Gasteiger partial charge in [0.25, 0.3) is 0 Å². The van der Waals surface area contributed by atoms with E-state index < -0.39 is 5.97 Å². The SMILES string of the molecule is COC(=O)c1nccc(Sc2ccncc2N)n1. The van der Waals surface area contributed by atoms with Crippen molar-refractivity contribution in [2.24, 2.45) is 0 Å². The Hall–Kier alpha value is -2.15. The average molecular weight is 262 g/mol. The van der Waals surface area contributed by atoms with E-state index in [4.69, 9.17) is 5.73 Å². The lowest BCUT2D eigenvalue weighted by atomic mass is 10.4. The molecule has 0 aliphatic rings. The molecule has 2 N–H and O–H groups in total. The number of nitrogen functional groups attached to an aromatic ring is 1. The molecule has 0 radical (unpaired) electrons. The van der Waals surface area contributed by atoms with Crippen LogP contribution in [0.5, 0.6) is 0 Å². The zero-order chi connectivity index (χ0) is 13.0. The lowest BCUT2D eigenvalue weighted by Gasteiger charge is -2.04. The summed E-state index contributed by atoms with van der Waals surface area (Å²) < 4.78 is 4.56. The van der Waals surface area contributed by atoms with E-state index in [1.165, 1.54) is 25.1 Å². The van der Waals surface area contributed by atoms with Gasteiger partial charge in [0.1, 0.15) is 5.03 Å². The van der Waals surface area contributed by atoms with Crippen molar-refractivity contribution in [3.63, 3.8) is 0 Å². The Labute approximate surface area is 108 Å². The first-order valence-corrected chi connectivity index (χ1v) is 5.81. The van der Waals surface area contributed by atoms with Crippen LogP contribution >= 0.6 is 11.8 Å². The summed E-state index contributed by atoms with van der Waals surface area (Å²) in [5.41, 5.74) is 6.33. The van der Waals surface area contributed by atoms with Crippen molar-refractivity contribution in [2.75, 3.05) is 12.8 Å². The molecule has 0 aliphatic heterocycles. The van der Waals surface area contributed by atoms with Crippen molar-refractivity contribution in [3.05, 3.63) is 36.5 Å². The predicted octanol–water partition coefficient (Wildman–Crippen LogP) is 1.39. The van der Waals surface area contributed by atoms with Crippen LogP contribution in [0.1, 0.15) is 10.6 Å². The largest absolute Gasteiger partial charge is 0.463 e. The number of hydrogen-bond acceptors (Lipinski definition) is 7. The highest BCUT2D eigenvalue weighted by molar-refractivity contribution is 7.99. The number of anilines is 1. The second-order valence-electron chi connectivity index (χ2n) is 3.23. The van der Waals surface area contributed by atoms with Crippen LogP contribution in [0.4, 0.5) is 5.69 Å². The van der Waals surface area contributed by atoms with Crippen LogP contribution in [0.3, 0.4) is 0 Å². The van der Waals surface area contributed by atoms with Crippen molar-refractivity contribution in [1.82, 2.24) is 15.0 Å². The standard InChI is InChI=1S/C11H10N4O2S/c1-17-11(16)10-14-5-3-9(15-10)18-8-2-4-13-6-7(8)12/h2-6H,12H2,1H3. The summed E-state index contributed by atoms with van der Waals surface area (Å²) in [7, 11) is 1.28. The molecule has 0 unspecified atom stereocenters. The van der Waals surface area contributed by atoms with Crippen LogP contribution in [0, 0.1) is 0 Å². The Bertz CT molecular complexity index is 576. The van der Waals surface area contributed by atoms with Crippen molar-refractivity contribution in [2.45, 2.75) is 9.92 Å². The molecule has 0 atom stereocenters. The molecule has 18 heavy (non-hydrogen) atoms. The number of carbonyl (C=O) groups excluding carboxylic acids is 1. The third-order valence-corrected chi connectivity index (χ3v) is 3.05. The smallest absolute Gasteiger partial charge is 0.376 e. The molecule has 2 aromatic rings. The number of carbonyl (C=O) groups is 1. The second kappa shape index (κ2) is 5.46. The number of nitrogens with two attached hydrogens (primary N) is 1. The summed E-state index contributed by atoms with van der Waals surface area (Å²) in [6, 6.07) is 3.47. The van der Waals surface area contributed by atoms with Gasteiger partial charge >= 0.3 is 5.97 Å². The zero-order valence-electron chi connectivity index (χ0n) is 9.53. The van der Waals surface area contributed by atoms with E-state index in [0.717, 1.165) is 4.90 Å². The number of methoxy groups -OCH3 is 1. The molecule has 2 heterocycles. The lowest BCUT2D eigenvalue weighted by Crippen LogP contribution is -2.07. The fraction of sp³-hybridized carbons (Fsp3) is 0.0909. The molecule has 2 rings (SSSR count). The van der Waals surface area contributed by atoms with Crippen molar-refractivity contribution in [1.29, 1.82) is 0 Å². The van der Waals surface area contributed by atoms with E-state index >= 15 is 0 Å². The van der Waals surface area contributed by atoms with Crippen LogP contribution in [0.2, 0.25) is 0 Å². The first-order chi connectivity index (χ1) is 8.70. The highest BCUT2D eigenvalue weighted by atomic mass is 32.2. The van der Waals surface area contributed by atoms with Gasteiger partial charge in [0, 0.05) is 17.3 Å². The first-order valence-electron chi connectivity index (χ1n) is 4.99. The third-order valence-electron chi connectivity index (χ3n) is 2.02. The van der Waals surface area contributed by atoms with E-state index in [2.05, 4.69) is 19.7 Å². The molecule has 0 aromatic carbocycles. The molecule has 0 aliphatic carbocycles. The van der Waals surface area contributed by atoms with E-state index in [1.54, 1.807) is 24.5 Å². The maximum Gasteiger partial charge on any atom is 0.376 e. The fourth-order valence-corrected chi connectivity index (χ4v) is 1.97. The summed E-state index contributed by atoms with van der Waals surface area (Å²) in [6.07, 6.45) is 4.70. The first kappa shape index (κ1) is 12.3. The monoisotopic (exact) mass is 262 g/mol. The van der Waals surface area contributed by atoms with Crippen molar-refractivity contribution < 1.29 is 9.53 Å². The molecule has 0 saturated carbocycles. The Kier molecular flexibility index (Phi) is 3.73. The Balaban J connectivity index is 2.25. The minimum atomic E-state index is -0.569. The van der Waals surface area contributed by atoms with Gasteiger partial charge in [-0.2, -0.15) is 0 Å². The maximum atomic E-state index is 11.3. The molecular weight excluding hydrogens is 252 g/mol. The van der Waals surface area contributed by atoms with Gasteiger partial charge in [0.2, 0.25) is 5.82 Å². The Morgan fingerprint density at radius 3 is 2.94 bits per heavy atom. The molecule has 0 spiro atoms. The quantitative estimate of drug-likeness (QED) is 0.660. The molecule has 6 nitrogen and oxygen atoms in total. The van der Waals surface area contributed by atoms with Crippen LogP contribution in [-0.4, -0.2) is 28.0 Å². The van der Waals surface area contributed by atoms with E-state index in [1.807, 2.05) is 0 Å². The predicted molar refractivity (Wildman–Crippen MR) is 66.1 cm³/mol.